The first-order chi connectivity index (χ1) is 15.5. The van der Waals surface area contributed by atoms with Crippen LogP contribution in [0.3, 0.4) is 0 Å². The molecular formula is C22H26N4O4S2. The van der Waals surface area contributed by atoms with Crippen LogP contribution >= 0.6 is 11.8 Å². The van der Waals surface area contributed by atoms with Gasteiger partial charge in [-0.1, -0.05) is 23.9 Å². The van der Waals surface area contributed by atoms with E-state index >= 15 is 0 Å². The number of morpholine rings is 1. The number of ether oxygens (including phenoxy) is 2. The molecular weight excluding hydrogens is 448 g/mol. The molecule has 0 amide bonds. The van der Waals surface area contributed by atoms with Crippen LogP contribution in [0, 0.1) is 0 Å². The minimum absolute atomic E-state index is 0.277. The van der Waals surface area contributed by atoms with E-state index < -0.39 is 10.0 Å². The molecule has 0 bridgehead atoms. The van der Waals surface area contributed by atoms with Crippen LogP contribution in [0.15, 0.2) is 58.6 Å². The number of thioether (sulfide) groups is 1. The highest BCUT2D eigenvalue weighted by Gasteiger charge is 2.26. The fourth-order valence-electron chi connectivity index (χ4n) is 3.46. The number of aryl methyl sites for hydroxylation is 1. The van der Waals surface area contributed by atoms with Gasteiger partial charge in [0.2, 0.25) is 10.0 Å². The average molecular weight is 475 g/mol. The average Bonchev–Trinajstić information content (AvgIpc) is 3.20. The Kier molecular flexibility index (Phi) is 7.14. The molecule has 1 aromatic heterocycles. The first-order valence-electron chi connectivity index (χ1n) is 10.3. The second-order valence-corrected chi connectivity index (χ2v) is 10.4. The van der Waals surface area contributed by atoms with E-state index in [0.29, 0.717) is 32.1 Å². The first-order valence-corrected chi connectivity index (χ1v) is 12.7. The molecule has 0 spiro atoms. The molecule has 3 aromatic rings. The first kappa shape index (κ1) is 22.8. The van der Waals surface area contributed by atoms with Gasteiger partial charge in [0.25, 0.3) is 0 Å². The third kappa shape index (κ3) is 4.98. The number of methoxy groups -OCH3 is 1. The Morgan fingerprint density at radius 2 is 1.72 bits per heavy atom. The summed E-state index contributed by atoms with van der Waals surface area (Å²) >= 11 is 1.64. The van der Waals surface area contributed by atoms with Gasteiger partial charge in [-0.25, -0.2) is 8.42 Å². The highest BCUT2D eigenvalue weighted by molar-refractivity contribution is 7.99. The summed E-state index contributed by atoms with van der Waals surface area (Å²) in [6, 6.07) is 14.9. The Morgan fingerprint density at radius 3 is 2.38 bits per heavy atom. The van der Waals surface area contributed by atoms with E-state index in [1.54, 1.807) is 43.1 Å². The Labute approximate surface area is 192 Å². The second-order valence-electron chi connectivity index (χ2n) is 7.35. The fourth-order valence-corrected chi connectivity index (χ4v) is 5.76. The van der Waals surface area contributed by atoms with E-state index in [1.807, 2.05) is 23.7 Å². The second kappa shape index (κ2) is 10.0. The summed E-state index contributed by atoms with van der Waals surface area (Å²) in [5.41, 5.74) is 2.06. The molecule has 170 valence electrons. The normalized spacial score (nSPS) is 15.1. The van der Waals surface area contributed by atoms with Gasteiger partial charge in [-0.15, -0.1) is 10.2 Å². The van der Waals surface area contributed by atoms with Crippen molar-refractivity contribution in [1.82, 2.24) is 19.1 Å². The van der Waals surface area contributed by atoms with Gasteiger partial charge in [0.05, 0.1) is 25.2 Å². The van der Waals surface area contributed by atoms with E-state index in [9.17, 15) is 8.42 Å². The van der Waals surface area contributed by atoms with Crippen molar-refractivity contribution >= 4 is 21.8 Å². The van der Waals surface area contributed by atoms with Crippen LogP contribution in [-0.4, -0.2) is 66.7 Å². The smallest absolute Gasteiger partial charge is 0.243 e. The lowest BCUT2D eigenvalue weighted by Gasteiger charge is -2.26. The van der Waals surface area contributed by atoms with Crippen LogP contribution in [0.5, 0.6) is 5.75 Å². The largest absolute Gasteiger partial charge is 0.497 e. The predicted octanol–water partition coefficient (Wildman–Crippen LogP) is 2.85. The molecule has 0 unspecified atom stereocenters. The summed E-state index contributed by atoms with van der Waals surface area (Å²) in [5.74, 6) is 2.42. The molecule has 2 heterocycles. The molecule has 0 aliphatic carbocycles. The molecule has 4 rings (SSSR count). The molecule has 1 aliphatic rings. The maximum absolute atomic E-state index is 12.8. The zero-order valence-corrected chi connectivity index (χ0v) is 19.7. The summed E-state index contributed by atoms with van der Waals surface area (Å²) in [6.07, 6.45) is 0.908. The maximum Gasteiger partial charge on any atom is 0.243 e. The van der Waals surface area contributed by atoms with E-state index in [4.69, 9.17) is 9.47 Å². The third-order valence-corrected chi connectivity index (χ3v) is 8.27. The Morgan fingerprint density at radius 1 is 1.03 bits per heavy atom. The van der Waals surface area contributed by atoms with Crippen LogP contribution in [0.1, 0.15) is 5.56 Å². The van der Waals surface area contributed by atoms with Crippen molar-refractivity contribution in [3.8, 4) is 17.1 Å². The third-order valence-electron chi connectivity index (χ3n) is 5.34. The Balaban J connectivity index is 1.41. The summed E-state index contributed by atoms with van der Waals surface area (Å²) in [4.78, 5) is 0.277. The monoisotopic (exact) mass is 474 g/mol. The van der Waals surface area contributed by atoms with Gasteiger partial charge in [0.15, 0.2) is 11.0 Å². The minimum Gasteiger partial charge on any atom is -0.497 e. The summed E-state index contributed by atoms with van der Waals surface area (Å²) in [6.45, 7) is 1.61. The van der Waals surface area contributed by atoms with Gasteiger partial charge in [-0.3, -0.25) is 0 Å². The lowest BCUT2D eigenvalue weighted by atomic mass is 10.2. The van der Waals surface area contributed by atoms with Gasteiger partial charge in [-0.2, -0.15) is 4.31 Å². The topological polar surface area (TPSA) is 86.6 Å². The van der Waals surface area contributed by atoms with Gasteiger partial charge < -0.3 is 14.0 Å². The molecule has 2 aromatic carbocycles. The SMILES string of the molecule is COc1ccc(CCSc2nnc(-c3ccc(S(=O)(=O)N4CCOCC4)cc3)n2C)cc1. The number of benzene rings is 2. The standard InChI is InChI=1S/C22H26N4O4S2/c1-25-21(23-24-22(25)31-16-11-17-3-7-19(29-2)8-4-17)18-5-9-20(10-6-18)32(27,28)26-12-14-30-15-13-26/h3-10H,11-16H2,1-2H3. The maximum atomic E-state index is 12.8. The van der Waals surface area contributed by atoms with E-state index in [0.717, 1.165) is 28.6 Å². The van der Waals surface area contributed by atoms with Gasteiger partial charge in [0.1, 0.15) is 5.75 Å². The van der Waals surface area contributed by atoms with E-state index in [1.165, 1.54) is 9.87 Å². The molecule has 1 fully saturated rings. The van der Waals surface area contributed by atoms with Crippen molar-refractivity contribution < 1.29 is 17.9 Å². The van der Waals surface area contributed by atoms with Crippen LogP contribution in [0.4, 0.5) is 0 Å². The Hall–Kier alpha value is -2.40. The number of hydrogen-bond acceptors (Lipinski definition) is 7. The quantitative estimate of drug-likeness (QED) is 0.464. The van der Waals surface area contributed by atoms with Crippen molar-refractivity contribution in [2.75, 3.05) is 39.2 Å². The molecule has 32 heavy (non-hydrogen) atoms. The number of nitrogens with zero attached hydrogens (tertiary/aromatic N) is 4. The van der Waals surface area contributed by atoms with Gasteiger partial charge >= 0.3 is 0 Å². The molecule has 1 aliphatic heterocycles. The number of rotatable bonds is 8. The predicted molar refractivity (Wildman–Crippen MR) is 123 cm³/mol. The van der Waals surface area contributed by atoms with E-state index in [2.05, 4.69) is 22.3 Å². The molecule has 0 radical (unpaired) electrons. The number of hydrogen-bond donors (Lipinski definition) is 0. The van der Waals surface area contributed by atoms with Crippen molar-refractivity contribution in [2.24, 2.45) is 7.05 Å². The lowest BCUT2D eigenvalue weighted by molar-refractivity contribution is 0.0730. The highest BCUT2D eigenvalue weighted by atomic mass is 32.2. The van der Waals surface area contributed by atoms with Crippen LogP contribution in [0.25, 0.3) is 11.4 Å². The zero-order chi connectivity index (χ0) is 22.6. The van der Waals surface area contributed by atoms with Gasteiger partial charge in [0, 0.05) is 31.5 Å². The molecule has 0 atom stereocenters. The fraction of sp³-hybridized carbons (Fsp3) is 0.364. The molecule has 0 N–H and O–H groups in total. The summed E-state index contributed by atoms with van der Waals surface area (Å²) in [7, 11) is 0.0697. The molecule has 1 saturated heterocycles. The van der Waals surface area contributed by atoms with Crippen LogP contribution in [-0.2, 0) is 28.2 Å². The summed E-state index contributed by atoms with van der Waals surface area (Å²) < 4.78 is 39.5. The van der Waals surface area contributed by atoms with Gasteiger partial charge in [-0.05, 0) is 48.4 Å². The minimum atomic E-state index is -3.51. The molecule has 0 saturated carbocycles. The van der Waals surface area contributed by atoms with Crippen LogP contribution in [0.2, 0.25) is 0 Å². The number of aromatic nitrogens is 3. The Bertz CT molecular complexity index is 1140. The number of sulfonamides is 1. The highest BCUT2D eigenvalue weighted by Crippen LogP contribution is 2.25. The van der Waals surface area contributed by atoms with Crippen LogP contribution < -0.4 is 4.74 Å². The van der Waals surface area contributed by atoms with Crippen molar-refractivity contribution in [3.63, 3.8) is 0 Å². The molecule has 8 nitrogen and oxygen atoms in total. The van der Waals surface area contributed by atoms with Crippen molar-refractivity contribution in [1.29, 1.82) is 0 Å². The van der Waals surface area contributed by atoms with Crippen molar-refractivity contribution in [3.05, 3.63) is 54.1 Å². The van der Waals surface area contributed by atoms with E-state index in [-0.39, 0.29) is 4.90 Å². The van der Waals surface area contributed by atoms with Crippen molar-refractivity contribution in [2.45, 2.75) is 16.5 Å². The summed E-state index contributed by atoms with van der Waals surface area (Å²) in [5, 5.41) is 9.44. The lowest BCUT2D eigenvalue weighted by Crippen LogP contribution is -2.40. The zero-order valence-electron chi connectivity index (χ0n) is 18.1. The molecule has 10 heteroatoms.